The van der Waals surface area contributed by atoms with E-state index >= 15 is 0 Å². The summed E-state index contributed by atoms with van der Waals surface area (Å²) in [5, 5.41) is 10.7. The summed E-state index contributed by atoms with van der Waals surface area (Å²) in [6.07, 6.45) is 0.238. The number of nitrogens with two attached hydrogens (primary N) is 1. The maximum atomic E-state index is 10.7. The lowest BCUT2D eigenvalue weighted by molar-refractivity contribution is -0.313. The lowest BCUT2D eigenvalue weighted by Crippen LogP contribution is -2.38. The Morgan fingerprint density at radius 3 is 3.07 bits per heavy atom. The Kier molecular flexibility index (Phi) is 2.26. The third kappa shape index (κ3) is 1.75. The summed E-state index contributed by atoms with van der Waals surface area (Å²) in [5.41, 5.74) is 7.26. The van der Waals surface area contributed by atoms with Crippen LogP contribution in [0.1, 0.15) is 12.5 Å². The van der Waals surface area contributed by atoms with Gasteiger partial charge in [0.05, 0.1) is 0 Å². The van der Waals surface area contributed by atoms with Crippen LogP contribution in [0.3, 0.4) is 0 Å². The first-order valence-corrected chi connectivity index (χ1v) is 4.84. The molecule has 2 unspecified atom stereocenters. The van der Waals surface area contributed by atoms with Crippen molar-refractivity contribution >= 4 is 11.7 Å². The SMILES string of the molecule is CC(C(=O)[O-])C1Cc2cc(N)ccc2O1. The van der Waals surface area contributed by atoms with E-state index in [0.717, 1.165) is 11.3 Å². The van der Waals surface area contributed by atoms with E-state index in [-0.39, 0.29) is 6.10 Å². The van der Waals surface area contributed by atoms with Crippen LogP contribution < -0.4 is 15.6 Å². The van der Waals surface area contributed by atoms with E-state index in [1.807, 2.05) is 6.07 Å². The monoisotopic (exact) mass is 206 g/mol. The second-order valence-corrected chi connectivity index (χ2v) is 3.84. The van der Waals surface area contributed by atoms with Gasteiger partial charge in [-0.1, -0.05) is 6.92 Å². The summed E-state index contributed by atoms with van der Waals surface area (Å²) in [7, 11) is 0. The lowest BCUT2D eigenvalue weighted by atomic mass is 10.00. The van der Waals surface area contributed by atoms with Gasteiger partial charge in [0.15, 0.2) is 0 Å². The topological polar surface area (TPSA) is 75.4 Å². The first-order chi connectivity index (χ1) is 7.08. The van der Waals surface area contributed by atoms with Gasteiger partial charge in [-0.2, -0.15) is 0 Å². The summed E-state index contributed by atoms with van der Waals surface area (Å²) in [5.74, 6) is -0.971. The number of carbonyl (C=O) groups excluding carboxylic acids is 1. The number of hydrogen-bond donors (Lipinski definition) is 1. The Morgan fingerprint density at radius 2 is 2.40 bits per heavy atom. The highest BCUT2D eigenvalue weighted by Gasteiger charge is 2.28. The largest absolute Gasteiger partial charge is 0.550 e. The van der Waals surface area contributed by atoms with E-state index < -0.39 is 11.9 Å². The van der Waals surface area contributed by atoms with E-state index in [0.29, 0.717) is 12.1 Å². The second kappa shape index (κ2) is 3.46. The number of carboxylic acid groups (broad SMARTS) is 1. The van der Waals surface area contributed by atoms with Crippen molar-refractivity contribution < 1.29 is 14.6 Å². The van der Waals surface area contributed by atoms with Gasteiger partial charge in [-0.25, -0.2) is 0 Å². The predicted molar refractivity (Wildman–Crippen MR) is 53.1 cm³/mol. The van der Waals surface area contributed by atoms with Crippen molar-refractivity contribution in [2.24, 2.45) is 5.92 Å². The van der Waals surface area contributed by atoms with Gasteiger partial charge in [0.2, 0.25) is 0 Å². The van der Waals surface area contributed by atoms with Crippen LogP contribution in [0.4, 0.5) is 5.69 Å². The number of rotatable bonds is 2. The van der Waals surface area contributed by atoms with Gasteiger partial charge >= 0.3 is 0 Å². The summed E-state index contributed by atoms with van der Waals surface area (Å²) in [4.78, 5) is 10.7. The van der Waals surface area contributed by atoms with Gasteiger partial charge in [-0.05, 0) is 23.8 Å². The number of carboxylic acids is 1. The normalized spacial score (nSPS) is 20.5. The van der Waals surface area contributed by atoms with Crippen LogP contribution in [0.5, 0.6) is 5.75 Å². The highest BCUT2D eigenvalue weighted by molar-refractivity contribution is 5.68. The number of fused-ring (bicyclic) bond motifs is 1. The molecule has 0 aliphatic carbocycles. The van der Waals surface area contributed by atoms with Crippen LogP contribution in [0.2, 0.25) is 0 Å². The summed E-state index contributed by atoms with van der Waals surface area (Å²) < 4.78 is 5.51. The molecule has 0 spiro atoms. The van der Waals surface area contributed by atoms with E-state index in [9.17, 15) is 9.90 Å². The van der Waals surface area contributed by atoms with Crippen LogP contribution in [-0.4, -0.2) is 12.1 Å². The molecule has 1 heterocycles. The molecular formula is C11H12NO3-. The molecule has 80 valence electrons. The number of nitrogen functional groups attached to an aromatic ring is 1. The maximum absolute atomic E-state index is 10.7. The number of aliphatic carboxylic acids is 1. The van der Waals surface area contributed by atoms with Crippen molar-refractivity contribution in [1.29, 1.82) is 0 Å². The Morgan fingerprint density at radius 1 is 1.67 bits per heavy atom. The molecule has 0 saturated carbocycles. The van der Waals surface area contributed by atoms with Crippen LogP contribution >= 0.6 is 0 Å². The highest BCUT2D eigenvalue weighted by Crippen LogP contribution is 2.32. The molecule has 2 rings (SSSR count). The molecule has 0 bridgehead atoms. The lowest BCUT2D eigenvalue weighted by Gasteiger charge is -2.19. The van der Waals surface area contributed by atoms with Crippen molar-refractivity contribution in [3.63, 3.8) is 0 Å². The van der Waals surface area contributed by atoms with E-state index in [1.165, 1.54) is 0 Å². The minimum atomic E-state index is -1.08. The standard InChI is InChI=1S/C11H13NO3/c1-6(11(13)14)10-5-7-4-8(12)2-3-9(7)15-10/h2-4,6,10H,5,12H2,1H3,(H,13,14)/p-1. The van der Waals surface area contributed by atoms with E-state index in [4.69, 9.17) is 10.5 Å². The molecule has 1 aromatic rings. The molecular weight excluding hydrogens is 194 g/mol. The minimum Gasteiger partial charge on any atom is -0.550 e. The smallest absolute Gasteiger partial charge is 0.123 e. The fraction of sp³-hybridized carbons (Fsp3) is 0.364. The summed E-state index contributed by atoms with van der Waals surface area (Å²) in [6, 6.07) is 5.33. The Labute approximate surface area is 87.7 Å². The number of ether oxygens (including phenoxy) is 1. The predicted octanol–water partition coefficient (Wildman–Crippen LogP) is -0.0417. The molecule has 1 aromatic carbocycles. The zero-order chi connectivity index (χ0) is 11.0. The molecule has 0 amide bonds. The van der Waals surface area contributed by atoms with Gasteiger partial charge < -0.3 is 20.4 Å². The van der Waals surface area contributed by atoms with Gasteiger partial charge in [0, 0.05) is 24.0 Å². The molecule has 0 aromatic heterocycles. The minimum absolute atomic E-state index is 0.341. The van der Waals surface area contributed by atoms with Crippen molar-refractivity contribution in [2.75, 3.05) is 5.73 Å². The number of benzene rings is 1. The molecule has 4 nitrogen and oxygen atoms in total. The van der Waals surface area contributed by atoms with Gasteiger partial charge in [0.1, 0.15) is 11.9 Å². The first-order valence-electron chi connectivity index (χ1n) is 4.84. The third-order valence-electron chi connectivity index (χ3n) is 2.71. The first kappa shape index (κ1) is 9.83. The Balaban J connectivity index is 2.19. The molecule has 1 aliphatic heterocycles. The van der Waals surface area contributed by atoms with Crippen molar-refractivity contribution in [3.8, 4) is 5.75 Å². The third-order valence-corrected chi connectivity index (χ3v) is 2.71. The molecule has 0 radical (unpaired) electrons. The zero-order valence-corrected chi connectivity index (χ0v) is 8.40. The highest BCUT2D eigenvalue weighted by atomic mass is 16.5. The molecule has 2 atom stereocenters. The fourth-order valence-electron chi connectivity index (χ4n) is 1.73. The van der Waals surface area contributed by atoms with Gasteiger partial charge in [-0.3, -0.25) is 0 Å². The molecule has 0 fully saturated rings. The van der Waals surface area contributed by atoms with Crippen LogP contribution in [-0.2, 0) is 11.2 Å². The van der Waals surface area contributed by atoms with Gasteiger partial charge in [-0.15, -0.1) is 0 Å². The Bertz CT molecular complexity index is 403. The molecule has 2 N–H and O–H groups in total. The number of hydrogen-bond acceptors (Lipinski definition) is 4. The fourth-order valence-corrected chi connectivity index (χ4v) is 1.73. The quantitative estimate of drug-likeness (QED) is 0.689. The number of carbonyl (C=O) groups is 1. The molecule has 1 aliphatic rings. The molecule has 15 heavy (non-hydrogen) atoms. The van der Waals surface area contributed by atoms with Gasteiger partial charge in [0.25, 0.3) is 0 Å². The zero-order valence-electron chi connectivity index (χ0n) is 8.40. The van der Waals surface area contributed by atoms with Crippen molar-refractivity contribution in [2.45, 2.75) is 19.4 Å². The van der Waals surface area contributed by atoms with Crippen molar-refractivity contribution in [1.82, 2.24) is 0 Å². The average Bonchev–Trinajstić information content (AvgIpc) is 2.58. The molecule has 4 heteroatoms. The van der Waals surface area contributed by atoms with E-state index in [2.05, 4.69) is 0 Å². The number of anilines is 1. The molecule has 0 saturated heterocycles. The summed E-state index contributed by atoms with van der Waals surface area (Å²) in [6.45, 7) is 1.59. The Hall–Kier alpha value is -1.71. The van der Waals surface area contributed by atoms with E-state index in [1.54, 1.807) is 19.1 Å². The van der Waals surface area contributed by atoms with Crippen LogP contribution in [0, 0.1) is 5.92 Å². The summed E-state index contributed by atoms with van der Waals surface area (Å²) >= 11 is 0. The maximum Gasteiger partial charge on any atom is 0.123 e. The van der Waals surface area contributed by atoms with Crippen LogP contribution in [0.15, 0.2) is 18.2 Å². The van der Waals surface area contributed by atoms with Crippen molar-refractivity contribution in [3.05, 3.63) is 23.8 Å². The average molecular weight is 206 g/mol. The second-order valence-electron chi connectivity index (χ2n) is 3.84. The van der Waals surface area contributed by atoms with Crippen LogP contribution in [0.25, 0.3) is 0 Å².